The summed E-state index contributed by atoms with van der Waals surface area (Å²) in [5, 5.41) is 9.25. The lowest BCUT2D eigenvalue weighted by molar-refractivity contribution is 0.316. The third kappa shape index (κ3) is 5.18. The second-order valence-corrected chi connectivity index (χ2v) is 5.72. The number of nitriles is 1. The van der Waals surface area contributed by atoms with Crippen molar-refractivity contribution in [2.75, 3.05) is 6.61 Å². The van der Waals surface area contributed by atoms with Gasteiger partial charge in [0.25, 0.3) is 0 Å². The van der Waals surface area contributed by atoms with Gasteiger partial charge in [-0.1, -0.05) is 44.2 Å². The largest absolute Gasteiger partial charge is 0.492 e. The molecule has 0 aliphatic rings. The average Bonchev–Trinajstić information content (AvgIpc) is 2.64. The van der Waals surface area contributed by atoms with Gasteiger partial charge in [-0.2, -0.15) is 5.26 Å². The third-order valence-corrected chi connectivity index (χ3v) is 3.69. The van der Waals surface area contributed by atoms with Crippen molar-refractivity contribution in [3.8, 4) is 23.7 Å². The number of nitrogens with zero attached hydrogens (tertiary/aromatic N) is 1. The number of benzene rings is 2. The molecule has 0 bridgehead atoms. The summed E-state index contributed by atoms with van der Waals surface area (Å²) in [6, 6.07) is 16.1. The van der Waals surface area contributed by atoms with Gasteiger partial charge in [-0.05, 0) is 55.2 Å². The molecule has 0 aliphatic carbocycles. The van der Waals surface area contributed by atoms with Gasteiger partial charge in [-0.15, -0.1) is 0 Å². The first-order valence-electron chi connectivity index (χ1n) is 8.54. The van der Waals surface area contributed by atoms with Crippen molar-refractivity contribution in [1.82, 2.24) is 0 Å². The summed E-state index contributed by atoms with van der Waals surface area (Å²) in [5.74, 6) is 6.91. The quantitative estimate of drug-likeness (QED) is 0.695. The van der Waals surface area contributed by atoms with Crippen molar-refractivity contribution in [2.45, 2.75) is 39.5 Å². The van der Waals surface area contributed by atoms with Crippen LogP contribution in [-0.2, 0) is 6.42 Å². The lowest BCUT2D eigenvalue weighted by Crippen LogP contribution is -1.97. The summed E-state index contributed by atoms with van der Waals surface area (Å²) in [5.41, 5.74) is 3.70. The van der Waals surface area contributed by atoms with E-state index >= 15 is 0 Å². The molecular formula is C22H23NO. The fourth-order valence-corrected chi connectivity index (χ4v) is 2.31. The molecular weight excluding hydrogens is 294 g/mol. The molecule has 2 rings (SSSR count). The van der Waals surface area contributed by atoms with E-state index in [0.29, 0.717) is 17.9 Å². The zero-order valence-corrected chi connectivity index (χ0v) is 14.4. The van der Waals surface area contributed by atoms with Gasteiger partial charge in [0.15, 0.2) is 0 Å². The lowest BCUT2D eigenvalue weighted by atomic mass is 10.1. The first-order chi connectivity index (χ1) is 11.8. The molecule has 0 aromatic heterocycles. The summed E-state index contributed by atoms with van der Waals surface area (Å²) in [6.07, 6.45) is 4.46. The van der Waals surface area contributed by atoms with Crippen LogP contribution in [-0.4, -0.2) is 6.61 Å². The molecule has 0 saturated heterocycles. The summed E-state index contributed by atoms with van der Waals surface area (Å²) in [6.45, 7) is 4.86. The fraction of sp³-hybridized carbons (Fsp3) is 0.318. The predicted octanol–water partition coefficient (Wildman–Crippen LogP) is 5.09. The number of rotatable bonds is 6. The van der Waals surface area contributed by atoms with Crippen LogP contribution in [0.5, 0.6) is 5.75 Å². The van der Waals surface area contributed by atoms with E-state index in [2.05, 4.69) is 49.1 Å². The highest BCUT2D eigenvalue weighted by atomic mass is 16.5. The maximum Gasteiger partial charge on any atom is 0.137 e. The van der Waals surface area contributed by atoms with Crippen LogP contribution in [0.1, 0.15) is 55.4 Å². The van der Waals surface area contributed by atoms with Crippen LogP contribution in [0.15, 0.2) is 42.5 Å². The Morgan fingerprint density at radius 2 is 1.62 bits per heavy atom. The van der Waals surface area contributed by atoms with E-state index < -0.39 is 0 Å². The Hall–Kier alpha value is -2.71. The Labute approximate surface area is 145 Å². The molecule has 122 valence electrons. The molecule has 0 N–H and O–H groups in total. The predicted molar refractivity (Wildman–Crippen MR) is 98.0 cm³/mol. The van der Waals surface area contributed by atoms with E-state index in [0.717, 1.165) is 24.0 Å². The highest BCUT2D eigenvalue weighted by Gasteiger charge is 2.03. The van der Waals surface area contributed by atoms with Crippen LogP contribution in [0.25, 0.3) is 0 Å². The Bertz CT molecular complexity index is 757. The Balaban J connectivity index is 2.11. The summed E-state index contributed by atoms with van der Waals surface area (Å²) < 4.78 is 5.57. The summed E-state index contributed by atoms with van der Waals surface area (Å²) >= 11 is 0. The maximum atomic E-state index is 9.25. The minimum Gasteiger partial charge on any atom is -0.492 e. The topological polar surface area (TPSA) is 33.0 Å². The number of hydrogen-bond donors (Lipinski definition) is 0. The maximum absolute atomic E-state index is 9.25. The molecule has 2 aromatic carbocycles. The van der Waals surface area contributed by atoms with Crippen molar-refractivity contribution >= 4 is 0 Å². The van der Waals surface area contributed by atoms with Crippen molar-refractivity contribution in [2.24, 2.45) is 0 Å². The standard InChI is InChI=1S/C22H23NO/c1-3-5-6-18-7-9-19(10-8-18)11-12-20-13-14-22(24-15-4-2)21(16-20)17-23/h7-10,13-14,16H,3-6,15H2,1-2H3. The molecule has 0 saturated carbocycles. The van der Waals surface area contributed by atoms with Crippen LogP contribution in [0, 0.1) is 23.2 Å². The van der Waals surface area contributed by atoms with Gasteiger partial charge in [0, 0.05) is 11.1 Å². The van der Waals surface area contributed by atoms with Gasteiger partial charge in [-0.25, -0.2) is 0 Å². The SMILES string of the molecule is CCCCc1ccc(C#Cc2ccc(OCCC)c(C#N)c2)cc1. The average molecular weight is 317 g/mol. The first kappa shape index (κ1) is 17.6. The van der Waals surface area contributed by atoms with E-state index in [1.54, 1.807) is 6.07 Å². The molecule has 0 amide bonds. The van der Waals surface area contributed by atoms with E-state index in [-0.39, 0.29) is 0 Å². The highest BCUT2D eigenvalue weighted by molar-refractivity contribution is 5.51. The second kappa shape index (κ2) is 9.43. The third-order valence-electron chi connectivity index (χ3n) is 3.69. The minimum atomic E-state index is 0.533. The first-order valence-corrected chi connectivity index (χ1v) is 8.54. The molecule has 24 heavy (non-hydrogen) atoms. The van der Waals surface area contributed by atoms with Gasteiger partial charge in [-0.3, -0.25) is 0 Å². The van der Waals surface area contributed by atoms with E-state index in [4.69, 9.17) is 4.74 Å². The molecule has 0 fully saturated rings. The van der Waals surface area contributed by atoms with E-state index in [1.165, 1.54) is 18.4 Å². The monoisotopic (exact) mass is 317 g/mol. The van der Waals surface area contributed by atoms with Crippen LogP contribution in [0.3, 0.4) is 0 Å². The molecule has 0 radical (unpaired) electrons. The van der Waals surface area contributed by atoms with Crippen molar-refractivity contribution in [1.29, 1.82) is 5.26 Å². The highest BCUT2D eigenvalue weighted by Crippen LogP contribution is 2.19. The molecule has 2 aromatic rings. The van der Waals surface area contributed by atoms with E-state index in [1.807, 2.05) is 19.1 Å². The van der Waals surface area contributed by atoms with Crippen molar-refractivity contribution in [3.63, 3.8) is 0 Å². The molecule has 0 unspecified atom stereocenters. The molecule has 2 heteroatoms. The zero-order valence-electron chi connectivity index (χ0n) is 14.4. The van der Waals surface area contributed by atoms with E-state index in [9.17, 15) is 5.26 Å². The van der Waals surface area contributed by atoms with Crippen LogP contribution in [0.2, 0.25) is 0 Å². The summed E-state index contributed by atoms with van der Waals surface area (Å²) in [7, 11) is 0. The summed E-state index contributed by atoms with van der Waals surface area (Å²) in [4.78, 5) is 0. The van der Waals surface area contributed by atoms with Crippen molar-refractivity contribution < 1.29 is 4.74 Å². The number of ether oxygens (including phenoxy) is 1. The van der Waals surface area contributed by atoms with Gasteiger partial charge < -0.3 is 4.74 Å². The second-order valence-electron chi connectivity index (χ2n) is 5.72. The fourth-order valence-electron chi connectivity index (χ4n) is 2.31. The van der Waals surface area contributed by atoms with Crippen LogP contribution < -0.4 is 4.74 Å². The number of hydrogen-bond acceptors (Lipinski definition) is 2. The molecule has 2 nitrogen and oxygen atoms in total. The van der Waals surface area contributed by atoms with Gasteiger partial charge in [0.2, 0.25) is 0 Å². The Kier molecular flexibility index (Phi) is 6.93. The Morgan fingerprint density at radius 3 is 2.29 bits per heavy atom. The number of unbranched alkanes of at least 4 members (excludes halogenated alkanes) is 1. The number of aryl methyl sites for hydroxylation is 1. The smallest absolute Gasteiger partial charge is 0.137 e. The molecule has 0 heterocycles. The van der Waals surface area contributed by atoms with Gasteiger partial charge >= 0.3 is 0 Å². The molecule has 0 spiro atoms. The minimum absolute atomic E-state index is 0.533. The molecule has 0 atom stereocenters. The van der Waals surface area contributed by atoms with Crippen LogP contribution in [0.4, 0.5) is 0 Å². The normalized spacial score (nSPS) is 9.71. The van der Waals surface area contributed by atoms with Gasteiger partial charge in [0.1, 0.15) is 11.8 Å². The zero-order chi connectivity index (χ0) is 17.2. The van der Waals surface area contributed by atoms with Crippen LogP contribution >= 0.6 is 0 Å². The lowest BCUT2D eigenvalue weighted by Gasteiger charge is -2.06. The van der Waals surface area contributed by atoms with Crippen molar-refractivity contribution in [3.05, 3.63) is 64.7 Å². The molecule has 0 aliphatic heterocycles. The van der Waals surface area contributed by atoms with Gasteiger partial charge in [0.05, 0.1) is 12.2 Å². The Morgan fingerprint density at radius 1 is 0.917 bits per heavy atom.